The third kappa shape index (κ3) is 9.74. The molecule has 3 unspecified atom stereocenters. The highest BCUT2D eigenvalue weighted by Gasteiger charge is 2.43. The molecule has 6 nitrogen and oxygen atoms in total. The zero-order valence-corrected chi connectivity index (χ0v) is 22.0. The van der Waals surface area contributed by atoms with Crippen LogP contribution in [0.5, 0.6) is 0 Å². The van der Waals surface area contributed by atoms with E-state index in [9.17, 15) is 9.18 Å². The predicted molar refractivity (Wildman–Crippen MR) is 143 cm³/mol. The van der Waals surface area contributed by atoms with E-state index in [-0.39, 0.29) is 36.0 Å². The Morgan fingerprint density at radius 3 is 2.63 bits per heavy atom. The summed E-state index contributed by atoms with van der Waals surface area (Å²) in [7, 11) is 1.70. The van der Waals surface area contributed by atoms with Gasteiger partial charge in [-0.3, -0.25) is 4.79 Å². The van der Waals surface area contributed by atoms with Crippen LogP contribution in [-0.4, -0.2) is 74.1 Å². The number of nitrogens with one attached hydrogen (secondary N) is 2. The van der Waals surface area contributed by atoms with Crippen molar-refractivity contribution in [2.75, 3.05) is 46.6 Å². The van der Waals surface area contributed by atoms with Crippen molar-refractivity contribution in [3.63, 3.8) is 0 Å². The van der Waals surface area contributed by atoms with Crippen molar-refractivity contribution in [3.8, 4) is 0 Å². The number of ether oxygens (including phenoxy) is 1. The number of amides is 1. The molecule has 0 aromatic carbocycles. The second kappa shape index (κ2) is 17.2. The first-order valence-electron chi connectivity index (χ1n) is 12.9. The van der Waals surface area contributed by atoms with E-state index < -0.39 is 6.67 Å². The number of piperidine rings is 1. The summed E-state index contributed by atoms with van der Waals surface area (Å²) in [4.78, 5) is 14.9. The summed E-state index contributed by atoms with van der Waals surface area (Å²) in [6.07, 6.45) is 18.0. The van der Waals surface area contributed by atoms with Gasteiger partial charge >= 0.3 is 0 Å². The van der Waals surface area contributed by atoms with Gasteiger partial charge < -0.3 is 25.4 Å². The molecule has 3 aliphatic rings. The van der Waals surface area contributed by atoms with E-state index >= 15 is 0 Å². The second-order valence-electron chi connectivity index (χ2n) is 8.59. The molecule has 3 N–H and O–H groups in total. The fourth-order valence-electron chi connectivity index (χ4n) is 4.65. The number of dihydropyridines is 1. The topological polar surface area (TPSA) is 73.8 Å². The fraction of sp³-hybridized carbons (Fsp3) is 0.607. The minimum atomic E-state index is -0.467. The molecule has 1 amide bonds. The number of allylic oxidation sites excluding steroid dienone is 3. The molecule has 3 aliphatic heterocycles. The minimum Gasteiger partial charge on any atom is -0.397 e. The fourth-order valence-corrected chi connectivity index (χ4v) is 4.65. The maximum absolute atomic E-state index is 12.5. The summed E-state index contributed by atoms with van der Waals surface area (Å²) in [6, 6.07) is 0.182. The number of alkyl halides is 1. The Labute approximate surface area is 211 Å². The Hall–Kier alpha value is -2.22. The van der Waals surface area contributed by atoms with Gasteiger partial charge in [-0.15, -0.1) is 6.58 Å². The molecule has 3 rings (SSSR count). The largest absolute Gasteiger partial charge is 0.397 e. The lowest BCUT2D eigenvalue weighted by atomic mass is 9.76. The first kappa shape index (κ1) is 30.8. The van der Waals surface area contributed by atoms with Crippen molar-refractivity contribution in [2.45, 2.75) is 51.7 Å². The third-order valence-electron chi connectivity index (χ3n) is 6.40. The zero-order chi connectivity index (χ0) is 26.1. The van der Waals surface area contributed by atoms with E-state index in [0.29, 0.717) is 6.61 Å². The summed E-state index contributed by atoms with van der Waals surface area (Å²) in [5, 5.41) is 13.7. The normalized spacial score (nSPS) is 23.8. The number of carbonyl (C=O) groups is 1. The third-order valence-corrected chi connectivity index (χ3v) is 6.40. The van der Waals surface area contributed by atoms with Crippen LogP contribution in [0.25, 0.3) is 0 Å². The molecular weight excluding hydrogens is 445 g/mol. The van der Waals surface area contributed by atoms with Crippen LogP contribution >= 0.6 is 0 Å². The molecule has 35 heavy (non-hydrogen) atoms. The van der Waals surface area contributed by atoms with E-state index in [0.717, 1.165) is 44.5 Å². The highest BCUT2D eigenvalue weighted by Crippen LogP contribution is 2.39. The van der Waals surface area contributed by atoms with Crippen LogP contribution in [0.1, 0.15) is 40.0 Å². The first-order chi connectivity index (χ1) is 17.0. The number of likely N-dealkylation sites (tertiary alicyclic amines) is 1. The van der Waals surface area contributed by atoms with Gasteiger partial charge in [-0.25, -0.2) is 4.39 Å². The number of hydrogen-bond donors (Lipinski definition) is 3. The van der Waals surface area contributed by atoms with Gasteiger partial charge in [-0.05, 0) is 44.0 Å². The van der Waals surface area contributed by atoms with Gasteiger partial charge in [-0.1, -0.05) is 50.3 Å². The number of aliphatic hydroxyl groups excluding tert-OH is 1. The van der Waals surface area contributed by atoms with Gasteiger partial charge in [0, 0.05) is 45.2 Å². The van der Waals surface area contributed by atoms with Crippen molar-refractivity contribution in [1.82, 2.24) is 15.5 Å². The summed E-state index contributed by atoms with van der Waals surface area (Å²) in [5.74, 6) is 0.133. The number of carbonyl (C=O) groups excluding carboxylic acids is 1. The van der Waals surface area contributed by atoms with Crippen LogP contribution in [0.2, 0.25) is 0 Å². The highest BCUT2D eigenvalue weighted by atomic mass is 19.1. The molecule has 7 heteroatoms. The van der Waals surface area contributed by atoms with E-state index in [1.165, 1.54) is 6.08 Å². The number of rotatable bonds is 8. The van der Waals surface area contributed by atoms with Crippen LogP contribution in [0.4, 0.5) is 4.39 Å². The maximum atomic E-state index is 12.5. The Kier molecular flexibility index (Phi) is 15.2. The highest BCUT2D eigenvalue weighted by molar-refractivity contribution is 5.78. The van der Waals surface area contributed by atoms with Crippen LogP contribution in [0, 0.1) is 11.8 Å². The van der Waals surface area contributed by atoms with E-state index in [2.05, 4.69) is 34.3 Å². The van der Waals surface area contributed by atoms with Crippen molar-refractivity contribution in [1.29, 1.82) is 0 Å². The quantitative estimate of drug-likeness (QED) is 0.449. The number of aliphatic hydroxyl groups is 1. The summed E-state index contributed by atoms with van der Waals surface area (Å²) in [6.45, 7) is 12.5. The number of hydrogen-bond acceptors (Lipinski definition) is 5. The van der Waals surface area contributed by atoms with Crippen LogP contribution in [0.15, 0.2) is 60.9 Å². The molecule has 0 bridgehead atoms. The molecule has 1 spiro atoms. The van der Waals surface area contributed by atoms with Gasteiger partial charge in [0.15, 0.2) is 0 Å². The smallest absolute Gasteiger partial charge is 0.224 e. The lowest BCUT2D eigenvalue weighted by Gasteiger charge is -2.47. The molecule has 0 aromatic heterocycles. The molecule has 1 fully saturated rings. The summed E-state index contributed by atoms with van der Waals surface area (Å²) >= 11 is 0. The monoisotopic (exact) mass is 491 g/mol. The van der Waals surface area contributed by atoms with Crippen molar-refractivity contribution in [2.24, 2.45) is 11.8 Å². The van der Waals surface area contributed by atoms with E-state index in [4.69, 9.17) is 9.84 Å². The number of nitrogens with zero attached hydrogens (tertiary/aromatic N) is 1. The van der Waals surface area contributed by atoms with Crippen LogP contribution < -0.4 is 10.6 Å². The molecule has 1 saturated heterocycles. The van der Waals surface area contributed by atoms with Gasteiger partial charge in [0.2, 0.25) is 5.91 Å². The van der Waals surface area contributed by atoms with E-state index in [1.54, 1.807) is 20.0 Å². The van der Waals surface area contributed by atoms with Crippen molar-refractivity contribution >= 4 is 5.91 Å². The molecule has 0 radical (unpaired) electrons. The lowest BCUT2D eigenvalue weighted by Crippen LogP contribution is -2.53. The Balaban J connectivity index is 0.00000114. The Morgan fingerprint density at radius 2 is 2.09 bits per heavy atom. The molecule has 0 saturated carbocycles. The van der Waals surface area contributed by atoms with E-state index in [1.807, 2.05) is 38.3 Å². The molecule has 198 valence electrons. The molecule has 0 aliphatic carbocycles. The SMILES string of the molecule is C=CC1C=C(/C=C\CF)COC12CCN(CC(CC1C=CC=CN1)C(=O)NC)CC2.CC.CCO. The summed E-state index contributed by atoms with van der Waals surface area (Å²) < 4.78 is 18.8. The lowest BCUT2D eigenvalue weighted by molar-refractivity contribution is -0.127. The Morgan fingerprint density at radius 1 is 1.40 bits per heavy atom. The molecule has 3 heterocycles. The van der Waals surface area contributed by atoms with Gasteiger partial charge in [0.05, 0.1) is 18.1 Å². The minimum absolute atomic E-state index is 0.0717. The maximum Gasteiger partial charge on any atom is 0.224 e. The Bertz CT molecular complexity index is 740. The summed E-state index contributed by atoms with van der Waals surface area (Å²) in [5.41, 5.74) is 0.763. The first-order valence-corrected chi connectivity index (χ1v) is 12.9. The van der Waals surface area contributed by atoms with Crippen LogP contribution in [0.3, 0.4) is 0 Å². The van der Waals surface area contributed by atoms with Gasteiger partial charge in [-0.2, -0.15) is 0 Å². The standard InChI is InChI=1S/C24H34FN3O2.C2H6O.C2H6/c1-3-21-15-19(7-6-11-25)18-30-24(21)9-13-28(14-10-24)17-20(23(29)26-2)16-22-8-4-5-12-27-22;1-2-3;1-2/h3-8,12,15,20-22,27H,1,9-11,13-14,16-18H2,2H3,(H,26,29);3H,2H2,1H3;1-2H3/b7-6-;;. The van der Waals surface area contributed by atoms with Crippen LogP contribution in [-0.2, 0) is 9.53 Å². The van der Waals surface area contributed by atoms with Gasteiger partial charge in [0.1, 0.15) is 6.67 Å². The predicted octanol–water partition coefficient (Wildman–Crippen LogP) is 3.92. The average molecular weight is 492 g/mol. The van der Waals surface area contributed by atoms with Gasteiger partial charge in [0.25, 0.3) is 0 Å². The van der Waals surface area contributed by atoms with Crippen molar-refractivity contribution in [3.05, 3.63) is 60.9 Å². The van der Waals surface area contributed by atoms with Crippen molar-refractivity contribution < 1.29 is 19.0 Å². The molecule has 0 aromatic rings. The number of halogens is 1. The second-order valence-corrected chi connectivity index (χ2v) is 8.59. The molecule has 3 atom stereocenters. The average Bonchev–Trinajstić information content (AvgIpc) is 2.91. The zero-order valence-electron chi connectivity index (χ0n) is 22.0. The molecular formula is C28H46FN3O3.